The van der Waals surface area contributed by atoms with Gasteiger partial charge in [0.25, 0.3) is 11.6 Å². The number of nitro groups is 1. The van der Waals surface area contributed by atoms with E-state index in [1.807, 2.05) is 6.07 Å². The van der Waals surface area contributed by atoms with Gasteiger partial charge in [0.05, 0.1) is 17.6 Å². The first-order valence-corrected chi connectivity index (χ1v) is 7.64. The lowest BCUT2D eigenvalue weighted by atomic mass is 10.1. The summed E-state index contributed by atoms with van der Waals surface area (Å²) in [6, 6.07) is 9.20. The quantitative estimate of drug-likeness (QED) is 0.536. The number of benzene rings is 1. The zero-order chi connectivity index (χ0) is 18.5. The van der Waals surface area contributed by atoms with Crippen LogP contribution in [0.5, 0.6) is 5.75 Å². The summed E-state index contributed by atoms with van der Waals surface area (Å²) in [5.41, 5.74) is 0.648. The number of non-ortho nitro benzene ring substituents is 1. The molecule has 26 heavy (non-hydrogen) atoms. The van der Waals surface area contributed by atoms with Crippen LogP contribution in [0.4, 0.5) is 5.69 Å². The fourth-order valence-electron chi connectivity index (χ4n) is 2.43. The number of aromatic nitrogens is 3. The number of nitrogens with zero attached hydrogens (tertiary/aromatic N) is 4. The molecule has 132 valence electrons. The summed E-state index contributed by atoms with van der Waals surface area (Å²) in [5.74, 6) is 0.358. The molecule has 1 aromatic carbocycles. The van der Waals surface area contributed by atoms with Gasteiger partial charge in [-0.2, -0.15) is 5.10 Å². The molecule has 0 saturated heterocycles. The highest BCUT2D eigenvalue weighted by Crippen LogP contribution is 2.24. The molecule has 0 fully saturated rings. The highest BCUT2D eigenvalue weighted by atomic mass is 16.6. The molecule has 9 heteroatoms. The molecule has 0 aliphatic carbocycles. The van der Waals surface area contributed by atoms with Gasteiger partial charge < -0.3 is 10.1 Å². The SMILES string of the molecule is COc1ccc([N+](=O)[O-])cc1C(=O)NCc1cccnc1-n1cccn1. The van der Waals surface area contributed by atoms with Gasteiger partial charge in [-0.1, -0.05) is 6.07 Å². The second-order valence-electron chi connectivity index (χ2n) is 5.26. The van der Waals surface area contributed by atoms with Crippen molar-refractivity contribution in [1.29, 1.82) is 0 Å². The number of hydrogen-bond donors (Lipinski definition) is 1. The fraction of sp³-hybridized carbons (Fsp3) is 0.118. The molecule has 2 heterocycles. The normalized spacial score (nSPS) is 10.3. The summed E-state index contributed by atoms with van der Waals surface area (Å²) >= 11 is 0. The van der Waals surface area contributed by atoms with Gasteiger partial charge >= 0.3 is 0 Å². The Morgan fingerprint density at radius 3 is 2.85 bits per heavy atom. The highest BCUT2D eigenvalue weighted by Gasteiger charge is 2.18. The number of amides is 1. The molecule has 0 aliphatic heterocycles. The van der Waals surface area contributed by atoms with Crippen LogP contribution >= 0.6 is 0 Å². The lowest BCUT2D eigenvalue weighted by Crippen LogP contribution is -2.24. The van der Waals surface area contributed by atoms with E-state index < -0.39 is 10.8 Å². The summed E-state index contributed by atoms with van der Waals surface area (Å²) in [6.07, 6.45) is 5.01. The average molecular weight is 353 g/mol. The molecule has 0 atom stereocenters. The van der Waals surface area contributed by atoms with Gasteiger partial charge in [0, 0.05) is 42.8 Å². The van der Waals surface area contributed by atoms with Gasteiger partial charge in [0.15, 0.2) is 5.82 Å². The van der Waals surface area contributed by atoms with Crippen LogP contribution in [0.1, 0.15) is 15.9 Å². The van der Waals surface area contributed by atoms with E-state index >= 15 is 0 Å². The highest BCUT2D eigenvalue weighted by molar-refractivity contribution is 5.97. The van der Waals surface area contributed by atoms with Gasteiger partial charge in [0.2, 0.25) is 0 Å². The molecule has 1 amide bonds. The molecule has 3 aromatic rings. The Hall–Kier alpha value is -3.75. The molecule has 0 unspecified atom stereocenters. The molecule has 0 radical (unpaired) electrons. The Labute approximate surface area is 148 Å². The minimum atomic E-state index is -0.562. The molecule has 0 spiro atoms. The van der Waals surface area contributed by atoms with Crippen molar-refractivity contribution in [2.45, 2.75) is 6.54 Å². The molecule has 3 rings (SSSR count). The molecular weight excluding hydrogens is 338 g/mol. The zero-order valence-electron chi connectivity index (χ0n) is 13.8. The maximum absolute atomic E-state index is 12.5. The first-order valence-electron chi connectivity index (χ1n) is 7.64. The number of carbonyl (C=O) groups excluding carboxylic acids is 1. The Kier molecular flexibility index (Phi) is 4.88. The van der Waals surface area contributed by atoms with Crippen LogP contribution in [-0.4, -0.2) is 32.7 Å². The fourth-order valence-corrected chi connectivity index (χ4v) is 2.43. The van der Waals surface area contributed by atoms with Gasteiger partial charge in [-0.3, -0.25) is 14.9 Å². The summed E-state index contributed by atoms with van der Waals surface area (Å²) < 4.78 is 6.72. The van der Waals surface area contributed by atoms with Crippen molar-refractivity contribution < 1.29 is 14.5 Å². The van der Waals surface area contributed by atoms with E-state index in [0.29, 0.717) is 5.82 Å². The molecular formula is C17H15N5O4. The third-order valence-corrected chi connectivity index (χ3v) is 3.67. The van der Waals surface area contributed by atoms with Gasteiger partial charge in [-0.15, -0.1) is 0 Å². The summed E-state index contributed by atoms with van der Waals surface area (Å²) in [6.45, 7) is 0.174. The Balaban J connectivity index is 1.82. The number of pyridine rings is 1. The topological polar surface area (TPSA) is 112 Å². The van der Waals surface area contributed by atoms with E-state index in [1.54, 1.807) is 35.4 Å². The summed E-state index contributed by atoms with van der Waals surface area (Å²) in [7, 11) is 1.40. The van der Waals surface area contributed by atoms with Crippen LogP contribution in [0.15, 0.2) is 55.0 Å². The van der Waals surface area contributed by atoms with Crippen molar-refractivity contribution in [1.82, 2.24) is 20.1 Å². The van der Waals surface area contributed by atoms with E-state index in [1.165, 1.54) is 25.3 Å². The average Bonchev–Trinajstić information content (AvgIpc) is 3.20. The maximum atomic E-state index is 12.5. The molecule has 0 bridgehead atoms. The van der Waals surface area contributed by atoms with Crippen molar-refractivity contribution in [3.05, 3.63) is 76.2 Å². The van der Waals surface area contributed by atoms with Crippen molar-refractivity contribution in [2.24, 2.45) is 0 Å². The van der Waals surface area contributed by atoms with Crippen LogP contribution < -0.4 is 10.1 Å². The number of nitrogens with one attached hydrogen (secondary N) is 1. The van der Waals surface area contributed by atoms with Gasteiger partial charge in [-0.05, 0) is 18.2 Å². The smallest absolute Gasteiger partial charge is 0.270 e. The standard InChI is InChI=1S/C17H15N5O4/c1-26-15-6-5-13(22(24)25)10-14(15)17(23)19-11-12-4-2-7-18-16(12)21-9-3-8-20-21/h2-10H,11H2,1H3,(H,19,23). The lowest BCUT2D eigenvalue weighted by molar-refractivity contribution is -0.384. The summed E-state index contributed by atoms with van der Waals surface area (Å²) in [5, 5.41) is 17.8. The first kappa shape index (κ1) is 17.1. The lowest BCUT2D eigenvalue weighted by Gasteiger charge is -2.11. The Morgan fingerprint density at radius 2 is 2.15 bits per heavy atom. The van der Waals surface area contributed by atoms with Crippen LogP contribution in [0.2, 0.25) is 0 Å². The second kappa shape index (κ2) is 7.43. The number of methoxy groups -OCH3 is 1. The summed E-state index contributed by atoms with van der Waals surface area (Å²) in [4.78, 5) is 27.2. The maximum Gasteiger partial charge on any atom is 0.270 e. The van der Waals surface area contributed by atoms with E-state index in [0.717, 1.165) is 5.56 Å². The van der Waals surface area contributed by atoms with E-state index in [-0.39, 0.29) is 23.5 Å². The van der Waals surface area contributed by atoms with Crippen LogP contribution in [0.25, 0.3) is 5.82 Å². The third-order valence-electron chi connectivity index (χ3n) is 3.67. The minimum Gasteiger partial charge on any atom is -0.496 e. The molecule has 1 N–H and O–H groups in total. The van der Waals surface area contributed by atoms with Crippen LogP contribution in [0, 0.1) is 10.1 Å². The predicted molar refractivity (Wildman–Crippen MR) is 92.2 cm³/mol. The molecule has 2 aromatic heterocycles. The number of rotatable bonds is 6. The number of carbonyl (C=O) groups is 1. The van der Waals surface area contributed by atoms with Crippen molar-refractivity contribution >= 4 is 11.6 Å². The number of nitro benzene ring substituents is 1. The largest absolute Gasteiger partial charge is 0.496 e. The zero-order valence-corrected chi connectivity index (χ0v) is 13.8. The van der Waals surface area contributed by atoms with E-state index in [9.17, 15) is 14.9 Å². The van der Waals surface area contributed by atoms with Crippen molar-refractivity contribution in [2.75, 3.05) is 7.11 Å². The van der Waals surface area contributed by atoms with Crippen LogP contribution in [0.3, 0.4) is 0 Å². The Morgan fingerprint density at radius 1 is 1.31 bits per heavy atom. The number of hydrogen-bond acceptors (Lipinski definition) is 6. The van der Waals surface area contributed by atoms with Crippen molar-refractivity contribution in [3.8, 4) is 11.6 Å². The monoisotopic (exact) mass is 353 g/mol. The first-order chi connectivity index (χ1) is 12.6. The van der Waals surface area contributed by atoms with Gasteiger partial charge in [0.1, 0.15) is 5.75 Å². The minimum absolute atomic E-state index is 0.0891. The van der Waals surface area contributed by atoms with Crippen molar-refractivity contribution in [3.63, 3.8) is 0 Å². The molecule has 0 aliphatic rings. The Bertz CT molecular complexity index is 940. The molecule has 9 nitrogen and oxygen atoms in total. The third kappa shape index (κ3) is 3.51. The predicted octanol–water partition coefficient (Wildman–Crippen LogP) is 2.11. The van der Waals surface area contributed by atoms with Gasteiger partial charge in [-0.25, -0.2) is 9.67 Å². The van der Waals surface area contributed by atoms with Crippen LogP contribution in [-0.2, 0) is 6.54 Å². The van der Waals surface area contributed by atoms with E-state index in [4.69, 9.17) is 4.74 Å². The number of ether oxygens (including phenoxy) is 1. The second-order valence-corrected chi connectivity index (χ2v) is 5.26. The molecule has 0 saturated carbocycles. The van der Waals surface area contributed by atoms with E-state index in [2.05, 4.69) is 15.4 Å².